The summed E-state index contributed by atoms with van der Waals surface area (Å²) in [6, 6.07) is 0.00838. The highest BCUT2D eigenvalue weighted by Crippen LogP contribution is 2.38. The lowest BCUT2D eigenvalue weighted by molar-refractivity contribution is 0.224. The van der Waals surface area contributed by atoms with Crippen LogP contribution in [0.15, 0.2) is 6.20 Å². The molecule has 1 rings (SSSR count). The minimum atomic E-state index is 0.00838. The average molecular weight is 259 g/mol. The molecular formula is C12H23ClN4. The second kappa shape index (κ2) is 5.85. The summed E-state index contributed by atoms with van der Waals surface area (Å²) in [7, 11) is 0. The van der Waals surface area contributed by atoms with Gasteiger partial charge in [0.2, 0.25) is 0 Å². The molecule has 0 amide bonds. The fourth-order valence-corrected chi connectivity index (χ4v) is 2.18. The lowest BCUT2D eigenvalue weighted by Gasteiger charge is -2.33. The number of aryl methyl sites for hydroxylation is 1. The molecule has 1 aromatic rings. The molecule has 0 aromatic carbocycles. The second-order valence-corrected chi connectivity index (χ2v) is 5.45. The largest absolute Gasteiger partial charge is 0.271 e. The Hall–Kier alpha value is -0.580. The third kappa shape index (κ3) is 3.00. The van der Waals surface area contributed by atoms with Gasteiger partial charge in [0.1, 0.15) is 0 Å². The molecule has 0 aliphatic rings. The monoisotopic (exact) mass is 258 g/mol. The van der Waals surface area contributed by atoms with Crippen LogP contribution in [0.3, 0.4) is 0 Å². The minimum Gasteiger partial charge on any atom is -0.271 e. The van der Waals surface area contributed by atoms with E-state index in [0.717, 1.165) is 25.1 Å². The molecule has 3 N–H and O–H groups in total. The molecule has 17 heavy (non-hydrogen) atoms. The van der Waals surface area contributed by atoms with Crippen LogP contribution in [0.5, 0.6) is 0 Å². The van der Waals surface area contributed by atoms with Gasteiger partial charge in [0.15, 0.2) is 0 Å². The molecule has 1 unspecified atom stereocenters. The fourth-order valence-electron chi connectivity index (χ4n) is 1.93. The van der Waals surface area contributed by atoms with Gasteiger partial charge >= 0.3 is 0 Å². The summed E-state index contributed by atoms with van der Waals surface area (Å²) >= 11 is 6.24. The third-order valence-corrected chi connectivity index (χ3v) is 3.69. The highest BCUT2D eigenvalue weighted by atomic mass is 35.5. The molecule has 0 fully saturated rings. The van der Waals surface area contributed by atoms with Crippen molar-refractivity contribution in [3.63, 3.8) is 0 Å². The zero-order chi connectivity index (χ0) is 13.1. The van der Waals surface area contributed by atoms with Crippen LogP contribution < -0.4 is 11.3 Å². The Kier molecular flexibility index (Phi) is 4.98. The van der Waals surface area contributed by atoms with Gasteiger partial charge in [-0.15, -0.1) is 0 Å². The Morgan fingerprint density at radius 3 is 2.65 bits per heavy atom. The van der Waals surface area contributed by atoms with Crippen LogP contribution in [0, 0.1) is 5.41 Å². The molecule has 0 bridgehead atoms. The number of aromatic nitrogens is 2. The summed E-state index contributed by atoms with van der Waals surface area (Å²) in [5.74, 6) is 5.71. The first-order chi connectivity index (χ1) is 7.97. The van der Waals surface area contributed by atoms with Crippen molar-refractivity contribution in [1.82, 2.24) is 15.2 Å². The van der Waals surface area contributed by atoms with E-state index in [1.54, 1.807) is 6.20 Å². The second-order valence-electron chi connectivity index (χ2n) is 5.04. The SMILES string of the molecule is CCCn1ncc(Cl)c1C(NN)C(C)(C)CC. The van der Waals surface area contributed by atoms with Gasteiger partial charge in [0.05, 0.1) is 23.0 Å². The van der Waals surface area contributed by atoms with Crippen molar-refractivity contribution in [3.8, 4) is 0 Å². The van der Waals surface area contributed by atoms with Gasteiger partial charge in [-0.1, -0.05) is 39.3 Å². The van der Waals surface area contributed by atoms with Crippen LogP contribution >= 0.6 is 11.6 Å². The summed E-state index contributed by atoms with van der Waals surface area (Å²) in [5.41, 5.74) is 3.91. The molecule has 5 heteroatoms. The number of hydrazine groups is 1. The summed E-state index contributed by atoms with van der Waals surface area (Å²) in [6.07, 6.45) is 3.73. The topological polar surface area (TPSA) is 55.9 Å². The number of rotatable bonds is 6. The molecule has 0 spiro atoms. The van der Waals surface area contributed by atoms with Gasteiger partial charge < -0.3 is 0 Å². The van der Waals surface area contributed by atoms with Gasteiger partial charge in [0, 0.05) is 6.54 Å². The normalized spacial score (nSPS) is 14.0. The van der Waals surface area contributed by atoms with Crippen molar-refractivity contribution in [3.05, 3.63) is 16.9 Å². The molecule has 0 aliphatic carbocycles. The highest BCUT2D eigenvalue weighted by Gasteiger charge is 2.32. The molecule has 1 atom stereocenters. The lowest BCUT2D eigenvalue weighted by Crippen LogP contribution is -2.39. The maximum atomic E-state index is 6.24. The van der Waals surface area contributed by atoms with Gasteiger partial charge in [-0.05, 0) is 18.3 Å². The smallest absolute Gasteiger partial charge is 0.0834 e. The van der Waals surface area contributed by atoms with Crippen LogP contribution in [-0.2, 0) is 6.54 Å². The number of hydrogen-bond donors (Lipinski definition) is 2. The summed E-state index contributed by atoms with van der Waals surface area (Å²) in [6.45, 7) is 9.49. The first-order valence-electron chi connectivity index (χ1n) is 6.15. The van der Waals surface area contributed by atoms with Gasteiger partial charge in [-0.3, -0.25) is 16.0 Å². The highest BCUT2D eigenvalue weighted by molar-refractivity contribution is 6.31. The van der Waals surface area contributed by atoms with Crippen LogP contribution in [0.1, 0.15) is 52.3 Å². The summed E-state index contributed by atoms with van der Waals surface area (Å²) < 4.78 is 1.95. The Morgan fingerprint density at radius 2 is 2.18 bits per heavy atom. The number of nitrogens with one attached hydrogen (secondary N) is 1. The first kappa shape index (κ1) is 14.5. The standard InChI is InChI=1S/C12H23ClN4/c1-5-7-17-10(9(13)8-15-17)11(16-14)12(3,4)6-2/h8,11,16H,5-7,14H2,1-4H3. The quantitative estimate of drug-likeness (QED) is 0.609. The van der Waals surface area contributed by atoms with E-state index >= 15 is 0 Å². The van der Waals surface area contributed by atoms with Crippen molar-refractivity contribution >= 4 is 11.6 Å². The molecule has 0 saturated carbocycles. The van der Waals surface area contributed by atoms with Crippen molar-refractivity contribution in [2.45, 2.75) is 53.1 Å². The summed E-state index contributed by atoms with van der Waals surface area (Å²) in [4.78, 5) is 0. The number of halogens is 1. The van der Waals surface area contributed by atoms with Gasteiger partial charge in [0.25, 0.3) is 0 Å². The van der Waals surface area contributed by atoms with E-state index in [0.29, 0.717) is 5.02 Å². The molecule has 1 heterocycles. The van der Waals surface area contributed by atoms with Gasteiger partial charge in [-0.25, -0.2) is 0 Å². The molecule has 0 radical (unpaired) electrons. The van der Waals surface area contributed by atoms with Crippen LogP contribution in [0.2, 0.25) is 5.02 Å². The molecule has 98 valence electrons. The Bertz CT molecular complexity index is 359. The minimum absolute atomic E-state index is 0.00838. The first-order valence-corrected chi connectivity index (χ1v) is 6.53. The van der Waals surface area contributed by atoms with E-state index in [1.165, 1.54) is 0 Å². The van der Waals surface area contributed by atoms with Crippen LogP contribution in [-0.4, -0.2) is 9.78 Å². The molecular weight excluding hydrogens is 236 g/mol. The van der Waals surface area contributed by atoms with Crippen molar-refractivity contribution in [1.29, 1.82) is 0 Å². The maximum absolute atomic E-state index is 6.24. The number of nitrogens with two attached hydrogens (primary N) is 1. The zero-order valence-electron chi connectivity index (χ0n) is 11.1. The number of nitrogens with zero attached hydrogens (tertiary/aromatic N) is 2. The predicted octanol–water partition coefficient (Wildman–Crippen LogP) is 2.89. The van der Waals surface area contributed by atoms with Crippen molar-refractivity contribution in [2.24, 2.45) is 11.3 Å². The molecule has 1 aromatic heterocycles. The molecule has 0 saturated heterocycles. The molecule has 4 nitrogen and oxygen atoms in total. The molecule has 0 aliphatic heterocycles. The third-order valence-electron chi connectivity index (χ3n) is 3.40. The van der Waals surface area contributed by atoms with Crippen LogP contribution in [0.25, 0.3) is 0 Å². The Labute approximate surface area is 108 Å². The number of hydrogen-bond acceptors (Lipinski definition) is 3. The van der Waals surface area contributed by atoms with E-state index < -0.39 is 0 Å². The van der Waals surface area contributed by atoms with Crippen molar-refractivity contribution < 1.29 is 0 Å². The average Bonchev–Trinajstić information content (AvgIpc) is 2.63. The van der Waals surface area contributed by atoms with E-state index in [-0.39, 0.29) is 11.5 Å². The van der Waals surface area contributed by atoms with Gasteiger partial charge in [-0.2, -0.15) is 5.10 Å². The van der Waals surface area contributed by atoms with E-state index in [4.69, 9.17) is 17.4 Å². The fraction of sp³-hybridized carbons (Fsp3) is 0.750. The van der Waals surface area contributed by atoms with Crippen molar-refractivity contribution in [2.75, 3.05) is 0 Å². The van der Waals surface area contributed by atoms with Crippen LogP contribution in [0.4, 0.5) is 0 Å². The van der Waals surface area contributed by atoms with E-state index in [1.807, 2.05) is 4.68 Å². The van der Waals surface area contributed by atoms with E-state index in [2.05, 4.69) is 38.2 Å². The predicted molar refractivity (Wildman–Crippen MR) is 71.7 cm³/mol. The Balaban J connectivity index is 3.15. The summed E-state index contributed by atoms with van der Waals surface area (Å²) in [5, 5.41) is 4.99. The maximum Gasteiger partial charge on any atom is 0.0834 e. The van der Waals surface area contributed by atoms with E-state index in [9.17, 15) is 0 Å². The zero-order valence-corrected chi connectivity index (χ0v) is 11.9. The Morgan fingerprint density at radius 1 is 1.53 bits per heavy atom. The lowest BCUT2D eigenvalue weighted by atomic mass is 9.80.